The maximum atomic E-state index is 4.47. The van der Waals surface area contributed by atoms with E-state index >= 15 is 0 Å². The molecule has 0 bridgehead atoms. The Bertz CT molecular complexity index is 320. The van der Waals surface area contributed by atoms with E-state index in [1.807, 2.05) is 26.1 Å². The average Bonchev–Trinajstić information content (AvgIpc) is 2.40. The Balaban J connectivity index is 5.43. The Kier molecular flexibility index (Phi) is 9.21. The standard InChI is InChI=1S/C16H28N2/c1-7-13-14(15(8-2)17-10-4)16(9-3)18(11-5)12-6/h7-8,10,13,16H,1,9,11-12H2,2-6H3/b14-13+,15-8+,17-10?. The molecule has 0 aromatic heterocycles. The van der Waals surface area contributed by atoms with Gasteiger partial charge in [0.05, 0.1) is 5.70 Å². The fourth-order valence-corrected chi connectivity index (χ4v) is 2.29. The number of allylic oxidation sites excluding steroid dienone is 3. The molecule has 0 radical (unpaired) electrons. The van der Waals surface area contributed by atoms with Crippen molar-refractivity contribution < 1.29 is 0 Å². The third kappa shape index (κ3) is 4.61. The third-order valence-corrected chi connectivity index (χ3v) is 3.13. The van der Waals surface area contributed by atoms with Crippen LogP contribution in [0.2, 0.25) is 0 Å². The Morgan fingerprint density at radius 1 is 1.22 bits per heavy atom. The van der Waals surface area contributed by atoms with Gasteiger partial charge in [0.15, 0.2) is 0 Å². The lowest BCUT2D eigenvalue weighted by Gasteiger charge is -2.31. The van der Waals surface area contributed by atoms with Crippen LogP contribution in [0.1, 0.15) is 41.0 Å². The highest BCUT2D eigenvalue weighted by Crippen LogP contribution is 2.23. The molecule has 102 valence electrons. The predicted molar refractivity (Wildman–Crippen MR) is 83.2 cm³/mol. The molecule has 0 aliphatic rings. The van der Waals surface area contributed by atoms with Crippen molar-refractivity contribution in [2.24, 2.45) is 4.99 Å². The fraction of sp³-hybridized carbons (Fsp3) is 0.562. The van der Waals surface area contributed by atoms with Gasteiger partial charge in [-0.1, -0.05) is 45.6 Å². The van der Waals surface area contributed by atoms with Gasteiger partial charge >= 0.3 is 0 Å². The fourth-order valence-electron chi connectivity index (χ4n) is 2.29. The molecular weight excluding hydrogens is 220 g/mol. The first-order chi connectivity index (χ1) is 8.69. The smallest absolute Gasteiger partial charge is 0.0630 e. The summed E-state index contributed by atoms with van der Waals surface area (Å²) in [6, 6.07) is 0.410. The molecule has 0 aliphatic heterocycles. The van der Waals surface area contributed by atoms with Crippen LogP contribution in [0.5, 0.6) is 0 Å². The van der Waals surface area contributed by atoms with Crippen LogP contribution in [-0.4, -0.2) is 30.2 Å². The van der Waals surface area contributed by atoms with Crippen molar-refractivity contribution in [2.45, 2.75) is 47.1 Å². The summed E-state index contributed by atoms with van der Waals surface area (Å²) >= 11 is 0. The Morgan fingerprint density at radius 3 is 2.17 bits per heavy atom. The van der Waals surface area contributed by atoms with E-state index < -0.39 is 0 Å². The van der Waals surface area contributed by atoms with Crippen molar-refractivity contribution in [1.29, 1.82) is 0 Å². The minimum atomic E-state index is 0.410. The van der Waals surface area contributed by atoms with Gasteiger partial charge in [0, 0.05) is 12.3 Å². The Labute approximate surface area is 113 Å². The zero-order valence-electron chi connectivity index (χ0n) is 12.6. The molecular formula is C16H28N2. The zero-order valence-corrected chi connectivity index (χ0v) is 12.6. The monoisotopic (exact) mass is 248 g/mol. The van der Waals surface area contributed by atoms with Crippen LogP contribution in [0.15, 0.2) is 41.1 Å². The topological polar surface area (TPSA) is 15.6 Å². The Hall–Kier alpha value is -1.15. The highest BCUT2D eigenvalue weighted by atomic mass is 15.1. The number of likely N-dealkylation sites (N-methyl/N-ethyl adjacent to an activating group) is 1. The number of aliphatic imine (C=N–C) groups is 1. The molecule has 0 heterocycles. The first kappa shape index (κ1) is 16.9. The summed E-state index contributed by atoms with van der Waals surface area (Å²) in [5.74, 6) is 0. The number of rotatable bonds is 8. The lowest BCUT2D eigenvalue weighted by atomic mass is 9.98. The number of hydrogen-bond donors (Lipinski definition) is 0. The van der Waals surface area contributed by atoms with E-state index in [0.29, 0.717) is 6.04 Å². The van der Waals surface area contributed by atoms with Crippen molar-refractivity contribution in [3.63, 3.8) is 0 Å². The van der Waals surface area contributed by atoms with E-state index in [-0.39, 0.29) is 0 Å². The SMILES string of the molecule is C=C/C=C(\C(=C/C)N=CC)C(CC)N(CC)CC. The van der Waals surface area contributed by atoms with E-state index in [0.717, 1.165) is 25.2 Å². The van der Waals surface area contributed by atoms with E-state index in [9.17, 15) is 0 Å². The second kappa shape index (κ2) is 9.84. The molecule has 0 fully saturated rings. The molecule has 0 N–H and O–H groups in total. The minimum absolute atomic E-state index is 0.410. The van der Waals surface area contributed by atoms with Crippen molar-refractivity contribution in [2.75, 3.05) is 13.1 Å². The molecule has 18 heavy (non-hydrogen) atoms. The first-order valence-corrected chi connectivity index (χ1v) is 6.91. The molecule has 0 spiro atoms. The van der Waals surface area contributed by atoms with E-state index in [4.69, 9.17) is 0 Å². The molecule has 0 rings (SSSR count). The average molecular weight is 248 g/mol. The normalized spacial score (nSPS) is 15.4. The van der Waals surface area contributed by atoms with Gasteiger partial charge in [0.25, 0.3) is 0 Å². The molecule has 0 saturated carbocycles. The van der Waals surface area contributed by atoms with Crippen LogP contribution in [0.4, 0.5) is 0 Å². The molecule has 1 unspecified atom stereocenters. The van der Waals surface area contributed by atoms with Crippen LogP contribution in [0, 0.1) is 0 Å². The maximum absolute atomic E-state index is 4.47. The van der Waals surface area contributed by atoms with Gasteiger partial charge < -0.3 is 0 Å². The van der Waals surface area contributed by atoms with E-state index in [1.54, 1.807) is 0 Å². The highest BCUT2D eigenvalue weighted by Gasteiger charge is 2.20. The van der Waals surface area contributed by atoms with Gasteiger partial charge in [-0.2, -0.15) is 0 Å². The van der Waals surface area contributed by atoms with Gasteiger partial charge in [-0.05, 0) is 38.9 Å². The zero-order chi connectivity index (χ0) is 14.0. The predicted octanol–water partition coefficient (Wildman–Crippen LogP) is 4.21. The summed E-state index contributed by atoms with van der Waals surface area (Å²) in [5.41, 5.74) is 2.31. The van der Waals surface area contributed by atoms with Crippen molar-refractivity contribution in [3.8, 4) is 0 Å². The summed E-state index contributed by atoms with van der Waals surface area (Å²) in [6.45, 7) is 16.6. The number of nitrogens with zero attached hydrogens (tertiary/aromatic N) is 2. The lowest BCUT2D eigenvalue weighted by Crippen LogP contribution is -2.36. The quantitative estimate of drug-likeness (QED) is 0.464. The second-order valence-electron chi connectivity index (χ2n) is 4.06. The van der Waals surface area contributed by atoms with Crippen LogP contribution in [-0.2, 0) is 0 Å². The molecule has 0 aliphatic carbocycles. The molecule has 2 nitrogen and oxygen atoms in total. The maximum Gasteiger partial charge on any atom is 0.0630 e. The van der Waals surface area contributed by atoms with Crippen LogP contribution < -0.4 is 0 Å². The van der Waals surface area contributed by atoms with Crippen molar-refractivity contribution in [1.82, 2.24) is 4.90 Å². The first-order valence-electron chi connectivity index (χ1n) is 6.91. The van der Waals surface area contributed by atoms with Gasteiger partial charge in [-0.3, -0.25) is 9.89 Å². The van der Waals surface area contributed by atoms with Crippen LogP contribution in [0.25, 0.3) is 0 Å². The van der Waals surface area contributed by atoms with E-state index in [1.165, 1.54) is 5.57 Å². The summed E-state index contributed by atoms with van der Waals surface area (Å²) < 4.78 is 0. The van der Waals surface area contributed by atoms with Gasteiger partial charge in [0.2, 0.25) is 0 Å². The summed E-state index contributed by atoms with van der Waals surface area (Å²) in [4.78, 5) is 6.94. The minimum Gasteiger partial charge on any atom is -0.297 e. The third-order valence-electron chi connectivity index (χ3n) is 3.13. The van der Waals surface area contributed by atoms with Crippen LogP contribution >= 0.6 is 0 Å². The summed E-state index contributed by atoms with van der Waals surface area (Å²) in [5, 5.41) is 0. The van der Waals surface area contributed by atoms with Gasteiger partial charge in [0.1, 0.15) is 0 Å². The molecule has 0 amide bonds. The van der Waals surface area contributed by atoms with Crippen molar-refractivity contribution in [3.05, 3.63) is 36.1 Å². The largest absolute Gasteiger partial charge is 0.297 e. The lowest BCUT2D eigenvalue weighted by molar-refractivity contribution is 0.240. The molecule has 0 aromatic carbocycles. The summed E-state index contributed by atoms with van der Waals surface area (Å²) in [6.07, 6.45) is 8.95. The van der Waals surface area contributed by atoms with E-state index in [2.05, 4.69) is 49.4 Å². The highest BCUT2D eigenvalue weighted by molar-refractivity contribution is 5.57. The second-order valence-corrected chi connectivity index (χ2v) is 4.06. The van der Waals surface area contributed by atoms with Crippen LogP contribution in [0.3, 0.4) is 0 Å². The molecule has 1 atom stereocenters. The summed E-state index contributed by atoms with van der Waals surface area (Å²) in [7, 11) is 0. The van der Waals surface area contributed by atoms with Gasteiger partial charge in [-0.15, -0.1) is 0 Å². The number of hydrogen-bond acceptors (Lipinski definition) is 2. The molecule has 0 saturated heterocycles. The van der Waals surface area contributed by atoms with Gasteiger partial charge in [-0.25, -0.2) is 0 Å². The van der Waals surface area contributed by atoms with Crippen molar-refractivity contribution >= 4 is 6.21 Å². The Morgan fingerprint density at radius 2 is 1.83 bits per heavy atom. The molecule has 2 heteroatoms. The molecule has 0 aromatic rings.